The van der Waals surface area contributed by atoms with Gasteiger partial charge >= 0.3 is 5.97 Å². The SMILES string of the molecule is CCOC(=O)c1nc(-c2ccc(CN(C)C)cc2)[nH]c1-c1ccc(Cl)cc1. The molecule has 0 aliphatic rings. The number of carbonyl (C=O) groups excluding carboxylic acids is 1. The highest BCUT2D eigenvalue weighted by Crippen LogP contribution is 2.28. The number of benzene rings is 2. The molecule has 5 nitrogen and oxygen atoms in total. The minimum atomic E-state index is -0.450. The zero-order chi connectivity index (χ0) is 19.4. The summed E-state index contributed by atoms with van der Waals surface area (Å²) in [4.78, 5) is 22.3. The van der Waals surface area contributed by atoms with E-state index in [1.165, 1.54) is 5.56 Å². The third kappa shape index (κ3) is 4.56. The van der Waals surface area contributed by atoms with Crippen LogP contribution in [0.25, 0.3) is 22.6 Å². The maximum absolute atomic E-state index is 12.4. The van der Waals surface area contributed by atoms with Crippen molar-refractivity contribution in [2.75, 3.05) is 20.7 Å². The number of aromatic nitrogens is 2. The molecule has 140 valence electrons. The predicted molar refractivity (Wildman–Crippen MR) is 108 cm³/mol. The smallest absolute Gasteiger partial charge is 0.359 e. The van der Waals surface area contributed by atoms with Crippen LogP contribution in [0.2, 0.25) is 5.02 Å². The van der Waals surface area contributed by atoms with Crippen LogP contribution in [0.1, 0.15) is 23.0 Å². The summed E-state index contributed by atoms with van der Waals surface area (Å²) in [5.41, 5.74) is 3.83. The Balaban J connectivity index is 2.00. The van der Waals surface area contributed by atoms with Crippen LogP contribution in [0.4, 0.5) is 0 Å². The van der Waals surface area contributed by atoms with Gasteiger partial charge in [0, 0.05) is 22.7 Å². The van der Waals surface area contributed by atoms with E-state index in [0.717, 1.165) is 17.7 Å². The number of halogens is 1. The third-order valence-corrected chi connectivity index (χ3v) is 4.28. The lowest BCUT2D eigenvalue weighted by atomic mass is 10.1. The summed E-state index contributed by atoms with van der Waals surface area (Å²) in [5.74, 6) is 0.175. The van der Waals surface area contributed by atoms with Crippen LogP contribution < -0.4 is 0 Å². The van der Waals surface area contributed by atoms with Gasteiger partial charge in [0.15, 0.2) is 5.69 Å². The van der Waals surface area contributed by atoms with Crippen LogP contribution in [0.3, 0.4) is 0 Å². The molecule has 0 unspecified atom stereocenters. The van der Waals surface area contributed by atoms with Gasteiger partial charge in [0.25, 0.3) is 0 Å². The molecular weight excluding hydrogens is 362 g/mol. The molecular formula is C21H22ClN3O2. The summed E-state index contributed by atoms with van der Waals surface area (Å²) >= 11 is 5.98. The number of rotatable bonds is 6. The Kier molecular flexibility index (Phi) is 5.94. The topological polar surface area (TPSA) is 58.2 Å². The van der Waals surface area contributed by atoms with Gasteiger partial charge in [-0.15, -0.1) is 0 Å². The quantitative estimate of drug-likeness (QED) is 0.630. The van der Waals surface area contributed by atoms with E-state index in [0.29, 0.717) is 23.1 Å². The van der Waals surface area contributed by atoms with Gasteiger partial charge in [0.05, 0.1) is 12.3 Å². The van der Waals surface area contributed by atoms with Gasteiger partial charge < -0.3 is 14.6 Å². The summed E-state index contributed by atoms with van der Waals surface area (Å²) < 4.78 is 5.17. The number of ether oxygens (including phenoxy) is 1. The van der Waals surface area contributed by atoms with Crippen molar-refractivity contribution >= 4 is 17.6 Å². The van der Waals surface area contributed by atoms with E-state index < -0.39 is 5.97 Å². The van der Waals surface area contributed by atoms with E-state index in [4.69, 9.17) is 16.3 Å². The number of H-pyrrole nitrogens is 1. The molecule has 0 spiro atoms. The minimum Gasteiger partial charge on any atom is -0.461 e. The van der Waals surface area contributed by atoms with E-state index in [9.17, 15) is 4.79 Å². The van der Waals surface area contributed by atoms with Crippen LogP contribution in [0, 0.1) is 0 Å². The molecule has 0 aliphatic heterocycles. The van der Waals surface area contributed by atoms with Gasteiger partial charge in [-0.1, -0.05) is 48.0 Å². The standard InChI is InChI=1S/C21H22ClN3O2/c1-4-27-21(26)19-18(15-9-11-17(22)12-10-15)23-20(24-19)16-7-5-14(6-8-16)13-25(2)3/h5-12H,4,13H2,1-3H3,(H,23,24). The lowest BCUT2D eigenvalue weighted by Gasteiger charge is -2.09. The number of hydrogen-bond donors (Lipinski definition) is 1. The average Bonchev–Trinajstić information content (AvgIpc) is 3.08. The molecule has 0 bridgehead atoms. The highest BCUT2D eigenvalue weighted by Gasteiger charge is 2.20. The van der Waals surface area contributed by atoms with Crippen molar-refractivity contribution in [1.82, 2.24) is 14.9 Å². The average molecular weight is 384 g/mol. The van der Waals surface area contributed by atoms with Crippen molar-refractivity contribution in [2.45, 2.75) is 13.5 Å². The first kappa shape index (κ1) is 19.1. The second-order valence-electron chi connectivity index (χ2n) is 6.47. The first-order valence-electron chi connectivity index (χ1n) is 8.75. The van der Waals surface area contributed by atoms with E-state index >= 15 is 0 Å². The van der Waals surface area contributed by atoms with Gasteiger partial charge in [0.1, 0.15) is 5.82 Å². The van der Waals surface area contributed by atoms with E-state index in [2.05, 4.69) is 27.0 Å². The minimum absolute atomic E-state index is 0.270. The summed E-state index contributed by atoms with van der Waals surface area (Å²) in [6.45, 7) is 2.93. The van der Waals surface area contributed by atoms with Crippen molar-refractivity contribution < 1.29 is 9.53 Å². The van der Waals surface area contributed by atoms with Crippen LogP contribution in [-0.4, -0.2) is 41.5 Å². The lowest BCUT2D eigenvalue weighted by Crippen LogP contribution is -2.10. The molecule has 27 heavy (non-hydrogen) atoms. The number of nitrogens with one attached hydrogen (secondary N) is 1. The zero-order valence-corrected chi connectivity index (χ0v) is 16.4. The lowest BCUT2D eigenvalue weighted by molar-refractivity contribution is 0.0521. The second-order valence-corrected chi connectivity index (χ2v) is 6.91. The van der Waals surface area contributed by atoms with Crippen molar-refractivity contribution in [1.29, 1.82) is 0 Å². The highest BCUT2D eigenvalue weighted by atomic mass is 35.5. The van der Waals surface area contributed by atoms with Crippen molar-refractivity contribution in [2.24, 2.45) is 0 Å². The van der Waals surface area contributed by atoms with Crippen LogP contribution in [0.5, 0.6) is 0 Å². The van der Waals surface area contributed by atoms with Gasteiger partial charge in [-0.3, -0.25) is 0 Å². The van der Waals surface area contributed by atoms with Gasteiger partial charge in [-0.2, -0.15) is 0 Å². The molecule has 3 aromatic rings. The van der Waals surface area contributed by atoms with E-state index in [1.807, 2.05) is 38.4 Å². The summed E-state index contributed by atoms with van der Waals surface area (Å²) in [6.07, 6.45) is 0. The molecule has 1 heterocycles. The summed E-state index contributed by atoms with van der Waals surface area (Å²) in [6, 6.07) is 15.4. The fourth-order valence-corrected chi connectivity index (χ4v) is 2.94. The van der Waals surface area contributed by atoms with Crippen LogP contribution in [0.15, 0.2) is 48.5 Å². The largest absolute Gasteiger partial charge is 0.461 e. The Hall–Kier alpha value is -2.63. The molecule has 0 radical (unpaired) electrons. The Labute approximate surface area is 164 Å². The van der Waals surface area contributed by atoms with E-state index in [-0.39, 0.29) is 5.69 Å². The molecule has 0 atom stereocenters. The Bertz CT molecular complexity index is 916. The fourth-order valence-electron chi connectivity index (χ4n) is 2.82. The van der Waals surface area contributed by atoms with Gasteiger partial charge in [-0.25, -0.2) is 9.78 Å². The fraction of sp³-hybridized carbons (Fsp3) is 0.238. The van der Waals surface area contributed by atoms with Crippen molar-refractivity contribution in [3.63, 3.8) is 0 Å². The molecule has 3 rings (SSSR count). The number of carbonyl (C=O) groups is 1. The first-order valence-corrected chi connectivity index (χ1v) is 9.13. The number of nitrogens with zero attached hydrogens (tertiary/aromatic N) is 2. The van der Waals surface area contributed by atoms with Crippen LogP contribution >= 0.6 is 11.6 Å². The zero-order valence-electron chi connectivity index (χ0n) is 15.6. The highest BCUT2D eigenvalue weighted by molar-refractivity contribution is 6.30. The number of aromatic amines is 1. The third-order valence-electron chi connectivity index (χ3n) is 4.03. The molecule has 6 heteroatoms. The molecule has 0 saturated carbocycles. The number of hydrogen-bond acceptors (Lipinski definition) is 4. The summed E-state index contributed by atoms with van der Waals surface area (Å²) in [5, 5.41) is 0.632. The monoisotopic (exact) mass is 383 g/mol. The van der Waals surface area contributed by atoms with Gasteiger partial charge in [-0.05, 0) is 38.7 Å². The van der Waals surface area contributed by atoms with Crippen molar-refractivity contribution in [3.05, 3.63) is 64.8 Å². The second kappa shape index (κ2) is 8.37. The molecule has 1 aromatic heterocycles. The molecule has 0 aliphatic carbocycles. The normalized spacial score (nSPS) is 11.0. The predicted octanol–water partition coefficient (Wildman–Crippen LogP) is 4.64. The maximum atomic E-state index is 12.4. The Morgan fingerprint density at radius 2 is 1.70 bits per heavy atom. The van der Waals surface area contributed by atoms with Gasteiger partial charge in [0.2, 0.25) is 0 Å². The molecule has 0 saturated heterocycles. The van der Waals surface area contributed by atoms with Crippen LogP contribution in [-0.2, 0) is 11.3 Å². The Morgan fingerprint density at radius 3 is 2.30 bits per heavy atom. The Morgan fingerprint density at radius 1 is 1.07 bits per heavy atom. The molecule has 0 fully saturated rings. The summed E-state index contributed by atoms with van der Waals surface area (Å²) in [7, 11) is 4.06. The molecule has 1 N–H and O–H groups in total. The molecule has 2 aromatic carbocycles. The first-order chi connectivity index (χ1) is 13.0. The molecule has 0 amide bonds. The number of imidazole rings is 1. The van der Waals surface area contributed by atoms with E-state index in [1.54, 1.807) is 19.1 Å². The number of esters is 1. The van der Waals surface area contributed by atoms with Crippen molar-refractivity contribution in [3.8, 4) is 22.6 Å². The maximum Gasteiger partial charge on any atom is 0.359 e.